The molecule has 0 spiro atoms. The van der Waals surface area contributed by atoms with E-state index in [0.29, 0.717) is 15.2 Å². The van der Waals surface area contributed by atoms with Gasteiger partial charge in [0.25, 0.3) is 5.69 Å². The van der Waals surface area contributed by atoms with Crippen LogP contribution in [0.5, 0.6) is 5.75 Å². The molecule has 1 N–H and O–H groups in total. The van der Waals surface area contributed by atoms with Crippen LogP contribution in [0.4, 0.5) is 10.8 Å². The number of halogens is 1. The molecule has 0 radical (unpaired) electrons. The highest BCUT2D eigenvalue weighted by Gasteiger charge is 2.11. The second kappa shape index (κ2) is 6.62. The van der Waals surface area contributed by atoms with E-state index in [2.05, 4.69) is 31.4 Å². The van der Waals surface area contributed by atoms with Crippen molar-refractivity contribution in [2.24, 2.45) is 0 Å². The maximum atomic E-state index is 10.7. The predicted octanol–water partition coefficient (Wildman–Crippen LogP) is 3.22. The molecule has 106 valence electrons. The van der Waals surface area contributed by atoms with E-state index >= 15 is 0 Å². The van der Waals surface area contributed by atoms with Crippen LogP contribution in [-0.2, 0) is 6.61 Å². The van der Waals surface area contributed by atoms with Crippen molar-refractivity contribution >= 4 is 38.1 Å². The molecule has 0 bridgehead atoms. The van der Waals surface area contributed by atoms with Gasteiger partial charge >= 0.3 is 0 Å². The third-order valence-electron chi connectivity index (χ3n) is 2.27. The minimum absolute atomic E-state index is 0.0196. The third kappa shape index (κ3) is 3.64. The zero-order valence-corrected chi connectivity index (χ0v) is 12.9. The SMILES string of the molecule is CCNc1nnc(COc2cc([N+](=O)[O-])ccc2Br)s1. The Hall–Kier alpha value is -1.74. The number of hydrogen-bond acceptors (Lipinski definition) is 7. The van der Waals surface area contributed by atoms with Gasteiger partial charge in [0.15, 0.2) is 5.01 Å². The van der Waals surface area contributed by atoms with E-state index in [9.17, 15) is 10.1 Å². The number of non-ortho nitro benzene ring substituents is 1. The molecule has 1 aromatic heterocycles. The standard InChI is InChI=1S/C11H11BrN4O3S/c1-2-13-11-15-14-10(20-11)6-19-9-5-7(16(17)18)3-4-8(9)12/h3-5H,2,6H2,1H3,(H,13,15). The van der Waals surface area contributed by atoms with Gasteiger partial charge in [0.2, 0.25) is 5.13 Å². The molecule has 0 fully saturated rings. The maximum Gasteiger partial charge on any atom is 0.273 e. The lowest BCUT2D eigenvalue weighted by Crippen LogP contribution is -1.97. The van der Waals surface area contributed by atoms with E-state index in [1.165, 1.54) is 23.5 Å². The lowest BCUT2D eigenvalue weighted by atomic mass is 10.3. The number of rotatable bonds is 6. The lowest BCUT2D eigenvalue weighted by Gasteiger charge is -2.05. The molecule has 1 heterocycles. The first-order chi connectivity index (χ1) is 9.60. The van der Waals surface area contributed by atoms with Gasteiger partial charge in [-0.1, -0.05) is 11.3 Å². The van der Waals surface area contributed by atoms with E-state index in [0.717, 1.165) is 11.7 Å². The normalized spacial score (nSPS) is 10.3. The zero-order chi connectivity index (χ0) is 14.5. The number of hydrogen-bond donors (Lipinski definition) is 1. The topological polar surface area (TPSA) is 90.2 Å². The molecule has 0 unspecified atom stereocenters. The average molecular weight is 359 g/mol. The smallest absolute Gasteiger partial charge is 0.273 e. The molecule has 2 rings (SSSR count). The van der Waals surface area contributed by atoms with Crippen molar-refractivity contribution in [2.45, 2.75) is 13.5 Å². The van der Waals surface area contributed by atoms with E-state index in [1.807, 2.05) is 6.92 Å². The quantitative estimate of drug-likeness (QED) is 0.629. The summed E-state index contributed by atoms with van der Waals surface area (Å²) in [7, 11) is 0. The highest BCUT2D eigenvalue weighted by molar-refractivity contribution is 9.10. The van der Waals surface area contributed by atoms with Crippen molar-refractivity contribution in [2.75, 3.05) is 11.9 Å². The molecule has 0 aliphatic heterocycles. The van der Waals surface area contributed by atoms with Crippen LogP contribution in [-0.4, -0.2) is 21.7 Å². The van der Waals surface area contributed by atoms with E-state index in [-0.39, 0.29) is 12.3 Å². The Morgan fingerprint density at radius 2 is 2.30 bits per heavy atom. The summed E-state index contributed by atoms with van der Waals surface area (Å²) in [5.74, 6) is 0.402. The number of ether oxygens (including phenoxy) is 1. The van der Waals surface area contributed by atoms with Gasteiger partial charge in [0.1, 0.15) is 12.4 Å². The van der Waals surface area contributed by atoms with Crippen LogP contribution in [0.25, 0.3) is 0 Å². The first-order valence-electron chi connectivity index (χ1n) is 5.73. The lowest BCUT2D eigenvalue weighted by molar-refractivity contribution is -0.385. The highest BCUT2D eigenvalue weighted by atomic mass is 79.9. The van der Waals surface area contributed by atoms with Crippen LogP contribution >= 0.6 is 27.3 Å². The Balaban J connectivity index is 2.05. The van der Waals surface area contributed by atoms with Gasteiger partial charge in [0, 0.05) is 12.6 Å². The monoisotopic (exact) mass is 358 g/mol. The molecule has 7 nitrogen and oxygen atoms in total. The van der Waals surface area contributed by atoms with Crippen molar-refractivity contribution in [1.82, 2.24) is 10.2 Å². The van der Waals surface area contributed by atoms with Crippen LogP contribution in [0.15, 0.2) is 22.7 Å². The summed E-state index contributed by atoms with van der Waals surface area (Å²) < 4.78 is 6.19. The second-order valence-electron chi connectivity index (χ2n) is 3.69. The first-order valence-corrected chi connectivity index (χ1v) is 7.34. The van der Waals surface area contributed by atoms with Gasteiger partial charge in [-0.3, -0.25) is 10.1 Å². The molecule has 1 aromatic carbocycles. The third-order valence-corrected chi connectivity index (χ3v) is 3.78. The first kappa shape index (κ1) is 14.7. The summed E-state index contributed by atoms with van der Waals surface area (Å²) in [6.45, 7) is 2.95. The van der Waals surface area contributed by atoms with Crippen LogP contribution in [0.1, 0.15) is 11.9 Å². The molecule has 0 atom stereocenters. The summed E-state index contributed by atoms with van der Waals surface area (Å²) in [6.07, 6.45) is 0. The van der Waals surface area contributed by atoms with Gasteiger partial charge in [0.05, 0.1) is 15.5 Å². The number of benzene rings is 1. The Bertz CT molecular complexity index is 619. The number of nitrogens with zero attached hydrogens (tertiary/aromatic N) is 3. The summed E-state index contributed by atoms with van der Waals surface area (Å²) >= 11 is 4.68. The largest absolute Gasteiger partial charge is 0.485 e. The Labute approximate surface area is 127 Å². The van der Waals surface area contributed by atoms with Crippen molar-refractivity contribution in [1.29, 1.82) is 0 Å². The Kier molecular flexibility index (Phi) is 4.85. The molecule has 0 saturated carbocycles. The van der Waals surface area contributed by atoms with Gasteiger partial charge in [-0.15, -0.1) is 10.2 Å². The Morgan fingerprint density at radius 3 is 3.00 bits per heavy atom. The van der Waals surface area contributed by atoms with E-state index < -0.39 is 4.92 Å². The van der Waals surface area contributed by atoms with Crippen LogP contribution in [0, 0.1) is 10.1 Å². The molecule has 20 heavy (non-hydrogen) atoms. The molecule has 0 aliphatic carbocycles. The van der Waals surface area contributed by atoms with Gasteiger partial charge < -0.3 is 10.1 Å². The van der Waals surface area contributed by atoms with Gasteiger partial charge in [-0.05, 0) is 28.9 Å². The zero-order valence-electron chi connectivity index (χ0n) is 10.5. The van der Waals surface area contributed by atoms with Crippen LogP contribution in [0.2, 0.25) is 0 Å². The van der Waals surface area contributed by atoms with Crippen molar-refractivity contribution in [3.8, 4) is 5.75 Å². The molecule has 9 heteroatoms. The van der Waals surface area contributed by atoms with Crippen molar-refractivity contribution in [3.63, 3.8) is 0 Å². The molecule has 0 saturated heterocycles. The summed E-state index contributed by atoms with van der Waals surface area (Å²) in [6, 6.07) is 4.36. The fourth-order valence-corrected chi connectivity index (χ4v) is 2.47. The van der Waals surface area contributed by atoms with Crippen LogP contribution < -0.4 is 10.1 Å². The molecular weight excluding hydrogens is 348 g/mol. The summed E-state index contributed by atoms with van der Waals surface area (Å²) in [5.41, 5.74) is -0.0196. The molecule has 0 aliphatic rings. The maximum absolute atomic E-state index is 10.7. The molecule has 2 aromatic rings. The Morgan fingerprint density at radius 1 is 1.50 bits per heavy atom. The number of aromatic nitrogens is 2. The van der Waals surface area contributed by atoms with Gasteiger partial charge in [-0.2, -0.15) is 0 Å². The van der Waals surface area contributed by atoms with E-state index in [4.69, 9.17) is 4.74 Å². The minimum Gasteiger partial charge on any atom is -0.485 e. The van der Waals surface area contributed by atoms with Gasteiger partial charge in [-0.25, -0.2) is 0 Å². The van der Waals surface area contributed by atoms with Crippen LogP contribution in [0.3, 0.4) is 0 Å². The number of nitro benzene ring substituents is 1. The second-order valence-corrected chi connectivity index (χ2v) is 5.61. The molecular formula is C11H11BrN4O3S. The van der Waals surface area contributed by atoms with Crippen molar-refractivity contribution < 1.29 is 9.66 Å². The fourth-order valence-electron chi connectivity index (χ4n) is 1.39. The predicted molar refractivity (Wildman–Crippen MR) is 79.2 cm³/mol. The molecule has 0 amide bonds. The average Bonchev–Trinajstić information content (AvgIpc) is 2.86. The number of anilines is 1. The number of nitro groups is 1. The van der Waals surface area contributed by atoms with E-state index in [1.54, 1.807) is 6.07 Å². The minimum atomic E-state index is -0.465. The highest BCUT2D eigenvalue weighted by Crippen LogP contribution is 2.30. The summed E-state index contributed by atoms with van der Waals surface area (Å²) in [5, 5.41) is 23.1. The van der Waals surface area contributed by atoms with Crippen molar-refractivity contribution in [3.05, 3.63) is 37.8 Å². The fraction of sp³-hybridized carbons (Fsp3) is 0.273. The summed E-state index contributed by atoms with van der Waals surface area (Å²) in [4.78, 5) is 10.3. The number of nitrogens with one attached hydrogen (secondary N) is 1.